The number of anilines is 5. The third kappa shape index (κ3) is 9.99. The number of aromatic nitrogens is 2. The van der Waals surface area contributed by atoms with Crippen molar-refractivity contribution in [3.05, 3.63) is 123 Å². The molecule has 0 bridgehead atoms. The molecule has 9 nitrogen and oxygen atoms in total. The van der Waals surface area contributed by atoms with Gasteiger partial charge in [0.2, 0.25) is 13.7 Å². The second kappa shape index (κ2) is 18.2. The molecule has 274 valence electrons. The molecule has 2 heterocycles. The number of rotatable bonds is 12. The van der Waals surface area contributed by atoms with Crippen molar-refractivity contribution in [2.24, 2.45) is 0 Å². The first-order chi connectivity index (χ1) is 25.1. The number of ether oxygens (including phenoxy) is 3. The van der Waals surface area contributed by atoms with Crippen LogP contribution in [0.3, 0.4) is 0 Å². The van der Waals surface area contributed by atoms with Gasteiger partial charge in [-0.2, -0.15) is 9.78 Å². The van der Waals surface area contributed by atoms with E-state index in [4.69, 9.17) is 25.8 Å². The van der Waals surface area contributed by atoms with Crippen molar-refractivity contribution >= 4 is 56.0 Å². The summed E-state index contributed by atoms with van der Waals surface area (Å²) in [5.74, 6) is 0.981. The van der Waals surface area contributed by atoms with E-state index in [0.717, 1.165) is 27.2 Å². The summed E-state index contributed by atoms with van der Waals surface area (Å²) in [6.45, 7) is -1.13. The van der Waals surface area contributed by atoms with Crippen molar-refractivity contribution in [1.29, 1.82) is 0 Å². The highest BCUT2D eigenvalue weighted by atomic mass is 79.9. The van der Waals surface area contributed by atoms with Crippen LogP contribution in [-0.2, 0) is 4.74 Å². The maximum atomic E-state index is 14.8. The predicted octanol–water partition coefficient (Wildman–Crippen LogP) is 9.41. The number of alkyl halides is 3. The molecule has 6 rings (SSSR count). The summed E-state index contributed by atoms with van der Waals surface area (Å²) < 4.78 is 56.1. The van der Waals surface area contributed by atoms with Gasteiger partial charge in [0.25, 0.3) is 5.56 Å². The smallest absolute Gasteiger partial charge is 0.292 e. The maximum Gasteiger partial charge on any atom is 0.292 e. The van der Waals surface area contributed by atoms with Crippen LogP contribution in [0.5, 0.6) is 11.5 Å². The van der Waals surface area contributed by atoms with Crippen LogP contribution in [0, 0.1) is 0 Å². The Balaban J connectivity index is 0.000000244. The van der Waals surface area contributed by atoms with E-state index in [0.29, 0.717) is 36.6 Å². The average Bonchev–Trinajstić information content (AvgIpc) is 3.17. The maximum absolute atomic E-state index is 14.8. The summed E-state index contributed by atoms with van der Waals surface area (Å²) in [7, 11) is 3.87. The largest absolute Gasteiger partial charge is 0.463 e. The number of hydrogen-bond acceptors (Lipinski definition) is 8. The van der Waals surface area contributed by atoms with Crippen LogP contribution in [0.15, 0.2) is 113 Å². The molecule has 1 aliphatic heterocycles. The zero-order valence-corrected chi connectivity index (χ0v) is 30.9. The molecular formula is C38H38BrClF3N5O4. The molecule has 5 aromatic rings. The molecular weight excluding hydrogens is 763 g/mol. The number of halogens is 5. The van der Waals surface area contributed by atoms with Crippen LogP contribution >= 0.6 is 27.5 Å². The van der Waals surface area contributed by atoms with Crippen molar-refractivity contribution in [3.63, 3.8) is 0 Å². The molecule has 0 saturated carbocycles. The molecule has 52 heavy (non-hydrogen) atoms. The number of hydrogen-bond donors (Lipinski definition) is 1. The molecule has 0 aliphatic carbocycles. The zero-order valence-electron chi connectivity index (χ0n) is 28.6. The molecule has 0 spiro atoms. The van der Waals surface area contributed by atoms with E-state index < -0.39 is 24.9 Å². The third-order valence-corrected chi connectivity index (χ3v) is 9.27. The van der Waals surface area contributed by atoms with Gasteiger partial charge in [-0.15, -0.1) is 0 Å². The fourth-order valence-corrected chi connectivity index (χ4v) is 5.85. The quantitative estimate of drug-likeness (QED) is 0.134. The highest BCUT2D eigenvalue weighted by molar-refractivity contribution is 9.10. The Bertz CT molecular complexity index is 1930. The van der Waals surface area contributed by atoms with Gasteiger partial charge in [0.15, 0.2) is 5.67 Å². The van der Waals surface area contributed by atoms with E-state index in [2.05, 4.69) is 26.3 Å². The molecule has 1 aliphatic rings. The summed E-state index contributed by atoms with van der Waals surface area (Å²) in [5.41, 5.74) is 2.64. The lowest BCUT2D eigenvalue weighted by Gasteiger charge is -2.29. The second-order valence-electron chi connectivity index (χ2n) is 11.9. The van der Waals surface area contributed by atoms with Crippen LogP contribution in [-0.4, -0.2) is 63.0 Å². The van der Waals surface area contributed by atoms with Crippen molar-refractivity contribution in [1.82, 2.24) is 9.78 Å². The van der Waals surface area contributed by atoms with Gasteiger partial charge >= 0.3 is 0 Å². The van der Waals surface area contributed by atoms with Crippen molar-refractivity contribution in [2.75, 3.05) is 62.7 Å². The summed E-state index contributed by atoms with van der Waals surface area (Å²) in [6.07, 6.45) is 2.45. The van der Waals surface area contributed by atoms with Gasteiger partial charge in [0.05, 0.1) is 30.7 Å². The van der Waals surface area contributed by atoms with E-state index in [9.17, 15) is 18.0 Å². The van der Waals surface area contributed by atoms with Crippen LogP contribution in [0.1, 0.15) is 12.8 Å². The molecule has 4 aromatic carbocycles. The first-order valence-corrected chi connectivity index (χ1v) is 17.5. The standard InChI is InChI=1S/C24H25ClF2N4O3.C14H13BrFNO/c1-30(18-7-9-20(10-8-18)34-16-26)17-3-5-19(6-4-17)31-23(32)22(25)21(13-29-31)28-14-24(27)11-2-12-33-15-24;1-17(12-4-2-11(15)3-5-12)13-6-8-14(9-7-13)18-10-16/h3-10,13,28H,2,11-12,14-16H2,1H3;2-9H,10H2,1H3. The first-order valence-electron chi connectivity index (χ1n) is 16.3. The third-order valence-electron chi connectivity index (χ3n) is 8.37. The molecule has 1 N–H and O–H groups in total. The lowest BCUT2D eigenvalue weighted by atomic mass is 9.99. The first kappa shape index (κ1) is 38.5. The Morgan fingerprint density at radius 2 is 1.33 bits per heavy atom. The summed E-state index contributed by atoms with van der Waals surface area (Å²) >= 11 is 9.68. The number of nitrogens with one attached hydrogen (secondary N) is 1. The van der Waals surface area contributed by atoms with Crippen LogP contribution in [0.2, 0.25) is 5.02 Å². The summed E-state index contributed by atoms with van der Waals surface area (Å²) in [6, 6.07) is 29.5. The molecule has 1 saturated heterocycles. The van der Waals surface area contributed by atoms with Crippen molar-refractivity contribution in [3.8, 4) is 17.2 Å². The second-order valence-corrected chi connectivity index (χ2v) is 13.1. The van der Waals surface area contributed by atoms with Gasteiger partial charge in [-0.25, -0.2) is 13.2 Å². The lowest BCUT2D eigenvalue weighted by molar-refractivity contribution is -0.0234. The van der Waals surface area contributed by atoms with E-state index in [1.54, 1.807) is 36.4 Å². The Kier molecular flexibility index (Phi) is 13.5. The minimum absolute atomic E-state index is 0.0124. The monoisotopic (exact) mass is 799 g/mol. The molecule has 0 amide bonds. The minimum atomic E-state index is -1.50. The predicted molar refractivity (Wildman–Crippen MR) is 204 cm³/mol. The molecule has 14 heteroatoms. The van der Waals surface area contributed by atoms with E-state index in [-0.39, 0.29) is 23.9 Å². The van der Waals surface area contributed by atoms with E-state index >= 15 is 0 Å². The fraction of sp³-hybridized carbons (Fsp3) is 0.263. The molecule has 1 atom stereocenters. The summed E-state index contributed by atoms with van der Waals surface area (Å²) in [4.78, 5) is 16.8. The summed E-state index contributed by atoms with van der Waals surface area (Å²) in [5, 5.41) is 7.04. The number of benzene rings is 4. The number of nitrogens with zero attached hydrogens (tertiary/aromatic N) is 4. The Morgan fingerprint density at radius 1 is 0.846 bits per heavy atom. The highest BCUT2D eigenvalue weighted by Crippen LogP contribution is 2.29. The van der Waals surface area contributed by atoms with Gasteiger partial charge in [-0.1, -0.05) is 27.5 Å². The minimum Gasteiger partial charge on any atom is -0.463 e. The Morgan fingerprint density at radius 3 is 1.79 bits per heavy atom. The molecule has 1 aromatic heterocycles. The van der Waals surface area contributed by atoms with Crippen LogP contribution in [0.4, 0.5) is 41.6 Å². The van der Waals surface area contributed by atoms with Gasteiger partial charge in [0, 0.05) is 47.9 Å². The van der Waals surface area contributed by atoms with E-state index in [1.165, 1.54) is 10.9 Å². The van der Waals surface area contributed by atoms with Gasteiger partial charge in [0.1, 0.15) is 16.5 Å². The van der Waals surface area contributed by atoms with Gasteiger partial charge < -0.3 is 29.3 Å². The van der Waals surface area contributed by atoms with E-state index in [1.807, 2.05) is 84.6 Å². The Labute approximate surface area is 313 Å². The van der Waals surface area contributed by atoms with Crippen molar-refractivity contribution in [2.45, 2.75) is 18.5 Å². The van der Waals surface area contributed by atoms with Crippen LogP contribution < -0.4 is 30.1 Å². The van der Waals surface area contributed by atoms with Gasteiger partial charge in [-0.05, 0) is 110 Å². The average molecular weight is 801 g/mol. The lowest BCUT2D eigenvalue weighted by Crippen LogP contribution is -2.40. The molecule has 1 fully saturated rings. The normalized spacial score (nSPS) is 15.2. The topological polar surface area (TPSA) is 81.1 Å². The molecule has 0 radical (unpaired) electrons. The molecule has 1 unspecified atom stereocenters. The zero-order chi connectivity index (χ0) is 37.1. The Hall–Kier alpha value is -4.72. The SMILES string of the molecule is CN(c1ccc(Br)cc1)c1ccc(OCF)cc1.CN(c1ccc(OCF)cc1)c1ccc(-n2ncc(NCC3(F)CCCOC3)c(Cl)c2=O)cc1. The highest BCUT2D eigenvalue weighted by Gasteiger charge is 2.32. The van der Waals surface area contributed by atoms with Crippen molar-refractivity contribution < 1.29 is 27.4 Å². The van der Waals surface area contributed by atoms with Crippen LogP contribution in [0.25, 0.3) is 5.69 Å². The van der Waals surface area contributed by atoms with Gasteiger partial charge in [-0.3, -0.25) is 4.79 Å². The fourth-order valence-electron chi connectivity index (χ4n) is 5.39.